The minimum Gasteiger partial charge on any atom is -0.266 e. The third-order valence-electron chi connectivity index (χ3n) is 2.94. The van der Waals surface area contributed by atoms with E-state index in [4.69, 9.17) is 0 Å². The van der Waals surface area contributed by atoms with E-state index in [1.54, 1.807) is 12.3 Å². The average Bonchev–Trinajstić information content (AvgIpc) is 2.38. The maximum Gasteiger partial charge on any atom is 0.0369 e. The van der Waals surface area contributed by atoms with Gasteiger partial charge < -0.3 is 0 Å². The van der Waals surface area contributed by atoms with Crippen LogP contribution in [0, 0.1) is 18.8 Å². The van der Waals surface area contributed by atoms with Crippen LogP contribution in [-0.4, -0.2) is 4.98 Å². The maximum atomic E-state index is 14.0. The van der Waals surface area contributed by atoms with Crippen LogP contribution in [0.25, 0.3) is 22.0 Å². The topological polar surface area (TPSA) is 12.9 Å². The molecular formula is C16H11FIrN-. The summed E-state index contributed by atoms with van der Waals surface area (Å²) in [6, 6.07) is 15.9. The zero-order valence-electron chi connectivity index (χ0n) is 10.3. The van der Waals surface area contributed by atoms with Gasteiger partial charge in [0.1, 0.15) is 0 Å². The number of aromatic nitrogens is 1. The summed E-state index contributed by atoms with van der Waals surface area (Å²) >= 11 is 0. The Morgan fingerprint density at radius 1 is 1.16 bits per heavy atom. The second-order valence-corrected chi connectivity index (χ2v) is 4.28. The van der Waals surface area contributed by atoms with Gasteiger partial charge in [0.05, 0.1) is 0 Å². The number of fused-ring (bicyclic) bond motifs is 1. The number of para-hydroxylation sites is 1. The smallest absolute Gasteiger partial charge is 0.0369 e. The predicted molar refractivity (Wildman–Crippen MR) is 70.7 cm³/mol. The fourth-order valence-corrected chi connectivity index (χ4v) is 2.08. The molecule has 3 rings (SSSR count). The van der Waals surface area contributed by atoms with Gasteiger partial charge in [0.25, 0.3) is 0 Å². The van der Waals surface area contributed by atoms with E-state index in [2.05, 4.69) is 11.1 Å². The molecule has 0 amide bonds. The molecule has 0 bridgehead atoms. The van der Waals surface area contributed by atoms with E-state index in [1.165, 1.54) is 6.07 Å². The molecule has 0 fully saturated rings. The Morgan fingerprint density at radius 3 is 2.74 bits per heavy atom. The molecule has 0 spiro atoms. The summed E-state index contributed by atoms with van der Waals surface area (Å²) in [5, 5.41) is 1.00. The van der Waals surface area contributed by atoms with Crippen LogP contribution in [0.4, 0.5) is 4.39 Å². The summed E-state index contributed by atoms with van der Waals surface area (Å²) in [4.78, 5) is 4.33. The van der Waals surface area contributed by atoms with Gasteiger partial charge in [-0.1, -0.05) is 36.8 Å². The molecule has 0 saturated carbocycles. The van der Waals surface area contributed by atoms with Crippen LogP contribution in [0.15, 0.2) is 48.7 Å². The number of rotatable bonds is 1. The minimum atomic E-state index is -0.256. The second kappa shape index (κ2) is 5.60. The molecule has 0 aliphatic rings. The summed E-state index contributed by atoms with van der Waals surface area (Å²) in [6.45, 7) is 1.85. The van der Waals surface area contributed by atoms with Crippen molar-refractivity contribution in [3.63, 3.8) is 0 Å². The fraction of sp³-hybridized carbons (Fsp3) is 0.0625. The molecule has 0 aliphatic carbocycles. The number of hydrogen-bond acceptors (Lipinski definition) is 1. The van der Waals surface area contributed by atoms with Gasteiger partial charge >= 0.3 is 0 Å². The van der Waals surface area contributed by atoms with Gasteiger partial charge in [0.2, 0.25) is 0 Å². The molecule has 1 heterocycles. The van der Waals surface area contributed by atoms with E-state index in [0.717, 1.165) is 22.0 Å². The zero-order chi connectivity index (χ0) is 12.5. The summed E-state index contributed by atoms with van der Waals surface area (Å²) in [5.74, 6) is -0.256. The molecular weight excluding hydrogens is 417 g/mol. The van der Waals surface area contributed by atoms with Crippen LogP contribution in [-0.2, 0) is 20.1 Å². The average molecular weight is 428 g/mol. The Balaban J connectivity index is 0.00000133. The van der Waals surface area contributed by atoms with Crippen LogP contribution >= 0.6 is 0 Å². The third kappa shape index (κ3) is 2.58. The van der Waals surface area contributed by atoms with Crippen molar-refractivity contribution in [3.05, 3.63) is 66.1 Å². The summed E-state index contributed by atoms with van der Waals surface area (Å²) in [6.07, 6.45) is 1.72. The van der Waals surface area contributed by atoms with Crippen molar-refractivity contribution in [2.45, 2.75) is 6.92 Å². The normalized spacial score (nSPS) is 10.2. The number of pyridine rings is 1. The van der Waals surface area contributed by atoms with Crippen molar-refractivity contribution >= 4 is 10.9 Å². The number of hydrogen-bond donors (Lipinski definition) is 0. The maximum absolute atomic E-state index is 14.0. The van der Waals surface area contributed by atoms with E-state index in [-0.39, 0.29) is 25.9 Å². The van der Waals surface area contributed by atoms with Crippen molar-refractivity contribution in [3.8, 4) is 11.1 Å². The van der Waals surface area contributed by atoms with Crippen LogP contribution in [0.1, 0.15) is 5.56 Å². The molecule has 2 aromatic carbocycles. The Bertz CT molecular complexity index is 720. The van der Waals surface area contributed by atoms with Gasteiger partial charge in [-0.25, -0.2) is 0 Å². The van der Waals surface area contributed by atoms with E-state index in [0.29, 0.717) is 5.56 Å². The number of benzene rings is 2. The van der Waals surface area contributed by atoms with Gasteiger partial charge in [-0.15, -0.1) is 29.3 Å². The Morgan fingerprint density at radius 2 is 1.95 bits per heavy atom. The second-order valence-electron chi connectivity index (χ2n) is 4.28. The molecule has 0 saturated heterocycles. The van der Waals surface area contributed by atoms with Gasteiger partial charge in [0, 0.05) is 37.6 Å². The van der Waals surface area contributed by atoms with E-state index in [9.17, 15) is 4.39 Å². The summed E-state index contributed by atoms with van der Waals surface area (Å²) < 4.78 is 14.0. The Labute approximate surface area is 124 Å². The van der Waals surface area contributed by atoms with Crippen molar-refractivity contribution in [1.82, 2.24) is 4.98 Å². The molecule has 97 valence electrons. The molecule has 3 heteroatoms. The summed E-state index contributed by atoms with van der Waals surface area (Å²) in [7, 11) is 0. The standard InChI is InChI=1S/C16H11FN.Ir/c1-11-7-8-13(15(17)10-11)14-6-2-4-12-5-3-9-18-16(12)14;/h2-7,9-10H,1H3;/q-1;. The molecule has 0 aliphatic heterocycles. The van der Waals surface area contributed by atoms with Crippen molar-refractivity contribution in [2.24, 2.45) is 0 Å². The van der Waals surface area contributed by atoms with Crippen molar-refractivity contribution in [2.75, 3.05) is 0 Å². The van der Waals surface area contributed by atoms with Crippen molar-refractivity contribution in [1.29, 1.82) is 0 Å². The monoisotopic (exact) mass is 429 g/mol. The van der Waals surface area contributed by atoms with E-state index >= 15 is 0 Å². The van der Waals surface area contributed by atoms with Crippen LogP contribution in [0.2, 0.25) is 0 Å². The number of nitrogens with zero attached hydrogens (tertiary/aromatic N) is 1. The van der Waals surface area contributed by atoms with Crippen LogP contribution < -0.4 is 0 Å². The molecule has 0 N–H and O–H groups in total. The molecule has 1 aromatic heterocycles. The largest absolute Gasteiger partial charge is 0.266 e. The van der Waals surface area contributed by atoms with Gasteiger partial charge in [-0.2, -0.15) is 0 Å². The van der Waals surface area contributed by atoms with Gasteiger partial charge in [0.15, 0.2) is 0 Å². The Hall–Kier alpha value is -1.57. The predicted octanol–water partition coefficient (Wildman–Crippen LogP) is 4.15. The third-order valence-corrected chi connectivity index (χ3v) is 2.94. The molecule has 1 nitrogen and oxygen atoms in total. The molecule has 0 unspecified atom stereocenters. The number of aryl methyl sites for hydroxylation is 1. The molecule has 1 radical (unpaired) electrons. The first-order valence-electron chi connectivity index (χ1n) is 5.77. The summed E-state index contributed by atoms with van der Waals surface area (Å²) in [5.41, 5.74) is 2.93. The van der Waals surface area contributed by atoms with E-state index in [1.807, 2.05) is 37.3 Å². The number of halogens is 1. The quantitative estimate of drug-likeness (QED) is 0.531. The van der Waals surface area contributed by atoms with Crippen LogP contribution in [0.5, 0.6) is 0 Å². The minimum absolute atomic E-state index is 0. The van der Waals surface area contributed by atoms with Crippen molar-refractivity contribution < 1.29 is 24.5 Å². The fourth-order valence-electron chi connectivity index (χ4n) is 2.08. The van der Waals surface area contributed by atoms with Gasteiger partial charge in [-0.3, -0.25) is 9.37 Å². The molecule has 0 atom stereocenters. The van der Waals surface area contributed by atoms with Gasteiger partial charge in [-0.05, 0) is 11.5 Å². The van der Waals surface area contributed by atoms with E-state index < -0.39 is 0 Å². The zero-order valence-corrected chi connectivity index (χ0v) is 12.7. The molecule has 19 heavy (non-hydrogen) atoms. The first kappa shape index (κ1) is 13.9. The molecule has 3 aromatic rings. The SMILES string of the molecule is Cc1c[c-]c(-c2cccc3cccnc23)c(F)c1.[Ir]. The Kier molecular flexibility index (Phi) is 4.08. The first-order valence-corrected chi connectivity index (χ1v) is 5.77. The van der Waals surface area contributed by atoms with Crippen LogP contribution in [0.3, 0.4) is 0 Å². The first-order chi connectivity index (χ1) is 8.75.